The third-order valence-electron chi connectivity index (χ3n) is 4.01. The van der Waals surface area contributed by atoms with E-state index in [-0.39, 0.29) is 5.56 Å². The lowest BCUT2D eigenvalue weighted by atomic mass is 10.0. The van der Waals surface area contributed by atoms with E-state index in [0.29, 0.717) is 0 Å². The van der Waals surface area contributed by atoms with Gasteiger partial charge in [-0.1, -0.05) is 64.7 Å². The molecular formula is C25H44N2O2. The molecule has 1 aromatic rings. The number of carboxylic acids is 1. The molecule has 0 saturated heterocycles. The second kappa shape index (κ2) is 19.4. The lowest BCUT2D eigenvalue weighted by molar-refractivity contribution is 0.0697. The summed E-state index contributed by atoms with van der Waals surface area (Å²) in [5.74, 6) is -0.912. The monoisotopic (exact) mass is 404 g/mol. The van der Waals surface area contributed by atoms with Crippen molar-refractivity contribution in [3.8, 4) is 0 Å². The Hall–Kier alpha value is -1.94. The third-order valence-corrected chi connectivity index (χ3v) is 4.01. The van der Waals surface area contributed by atoms with Gasteiger partial charge in [-0.2, -0.15) is 0 Å². The molecule has 0 aliphatic heterocycles. The van der Waals surface area contributed by atoms with E-state index < -0.39 is 5.97 Å². The van der Waals surface area contributed by atoms with E-state index in [1.165, 1.54) is 32.1 Å². The fourth-order valence-corrected chi connectivity index (χ4v) is 2.75. The van der Waals surface area contributed by atoms with Crippen LogP contribution in [0.25, 0.3) is 0 Å². The number of carbonyl (C=O) groups is 1. The minimum atomic E-state index is -0.912. The van der Waals surface area contributed by atoms with E-state index in [1.807, 2.05) is 27.9 Å². The largest absolute Gasteiger partial charge is 0.478 e. The van der Waals surface area contributed by atoms with Crippen molar-refractivity contribution in [2.75, 3.05) is 14.1 Å². The van der Waals surface area contributed by atoms with E-state index in [4.69, 9.17) is 5.11 Å². The predicted molar refractivity (Wildman–Crippen MR) is 129 cm³/mol. The molecule has 166 valence electrons. The average Bonchev–Trinajstić information content (AvgIpc) is 2.65. The number of carboxylic acid groups (broad SMARTS) is 1. The molecule has 1 aromatic carbocycles. The minimum absolute atomic E-state index is 0.286. The molecule has 4 nitrogen and oxygen atoms in total. The number of allylic oxidation sites excluding steroid dienone is 2. The lowest BCUT2D eigenvalue weighted by Crippen LogP contribution is -1.96. The molecule has 0 saturated carbocycles. The van der Waals surface area contributed by atoms with Gasteiger partial charge in [0.1, 0.15) is 0 Å². The van der Waals surface area contributed by atoms with Gasteiger partial charge in [0.25, 0.3) is 0 Å². The highest BCUT2D eigenvalue weighted by Gasteiger charge is 2.05. The topological polar surface area (TPSA) is 61.7 Å². The van der Waals surface area contributed by atoms with E-state index >= 15 is 0 Å². The molecule has 0 bridgehead atoms. The zero-order valence-electron chi connectivity index (χ0n) is 20.1. The van der Waals surface area contributed by atoms with Crippen molar-refractivity contribution in [2.45, 2.75) is 86.5 Å². The fraction of sp³-hybridized carbons (Fsp3) is 0.600. The van der Waals surface area contributed by atoms with Crippen LogP contribution in [0.4, 0.5) is 5.69 Å². The standard InChI is InChI=1S/C13H17NO2.C10H20.C2H7N/c1-4-5-10(3)14-12-8-11(13(15)16)7-6-9(12)2;1-4-7-10(8-5-2)9-6-3;1-3-2/h6-8H,4-5H2,1-3H3,(H,15,16);7H,4-6,8-9H2,1-3H3;3H,1-2H3. The Kier molecular flexibility index (Phi) is 19.6. The van der Waals surface area contributed by atoms with Crippen molar-refractivity contribution < 1.29 is 9.90 Å². The van der Waals surface area contributed by atoms with Gasteiger partial charge in [0.15, 0.2) is 0 Å². The van der Waals surface area contributed by atoms with Gasteiger partial charge in [-0.15, -0.1) is 0 Å². The van der Waals surface area contributed by atoms with Crippen molar-refractivity contribution >= 4 is 17.4 Å². The molecule has 1 rings (SSSR count). The summed E-state index contributed by atoms with van der Waals surface area (Å²) in [7, 11) is 3.75. The number of nitrogens with zero attached hydrogens (tertiary/aromatic N) is 1. The summed E-state index contributed by atoms with van der Waals surface area (Å²) in [6.07, 6.45) is 10.8. The van der Waals surface area contributed by atoms with Gasteiger partial charge in [-0.05, 0) is 71.3 Å². The number of benzene rings is 1. The average molecular weight is 405 g/mol. The maximum absolute atomic E-state index is 10.8. The van der Waals surface area contributed by atoms with E-state index in [0.717, 1.165) is 29.8 Å². The zero-order chi connectivity index (χ0) is 22.7. The molecule has 0 aromatic heterocycles. The van der Waals surface area contributed by atoms with Crippen molar-refractivity contribution in [2.24, 2.45) is 4.99 Å². The summed E-state index contributed by atoms with van der Waals surface area (Å²) in [6, 6.07) is 5.02. The molecule has 29 heavy (non-hydrogen) atoms. The van der Waals surface area contributed by atoms with Gasteiger partial charge < -0.3 is 10.4 Å². The lowest BCUT2D eigenvalue weighted by Gasteiger charge is -2.04. The SMILES string of the molecule is CCC=C(CCC)CCC.CCCC(C)=Nc1cc(C(=O)O)ccc1C.CNC. The third kappa shape index (κ3) is 15.6. The Balaban J connectivity index is 0. The van der Waals surface area contributed by atoms with Crippen LogP contribution in [0, 0.1) is 6.92 Å². The van der Waals surface area contributed by atoms with Crippen LogP contribution in [0.2, 0.25) is 0 Å². The highest BCUT2D eigenvalue weighted by Crippen LogP contribution is 2.21. The molecular weight excluding hydrogens is 360 g/mol. The molecule has 0 fully saturated rings. The molecule has 0 unspecified atom stereocenters. The molecule has 0 aliphatic rings. The van der Waals surface area contributed by atoms with Gasteiger partial charge in [-0.25, -0.2) is 4.79 Å². The van der Waals surface area contributed by atoms with Crippen LogP contribution in [-0.2, 0) is 0 Å². The van der Waals surface area contributed by atoms with Gasteiger partial charge in [0, 0.05) is 5.71 Å². The smallest absolute Gasteiger partial charge is 0.335 e. The van der Waals surface area contributed by atoms with Gasteiger partial charge >= 0.3 is 5.97 Å². The number of hydrogen-bond donors (Lipinski definition) is 2. The van der Waals surface area contributed by atoms with Crippen LogP contribution in [0.1, 0.15) is 95.5 Å². The summed E-state index contributed by atoms with van der Waals surface area (Å²) < 4.78 is 0. The van der Waals surface area contributed by atoms with Crippen molar-refractivity contribution in [1.29, 1.82) is 0 Å². The van der Waals surface area contributed by atoms with Crippen LogP contribution in [0.3, 0.4) is 0 Å². The van der Waals surface area contributed by atoms with Gasteiger partial charge in [-0.3, -0.25) is 4.99 Å². The Morgan fingerprint density at radius 3 is 1.97 bits per heavy atom. The Labute approximate surface area is 179 Å². The zero-order valence-corrected chi connectivity index (χ0v) is 20.1. The van der Waals surface area contributed by atoms with Crippen LogP contribution >= 0.6 is 0 Å². The van der Waals surface area contributed by atoms with Crippen LogP contribution < -0.4 is 5.32 Å². The summed E-state index contributed by atoms with van der Waals surface area (Å²) in [5.41, 5.74) is 4.74. The summed E-state index contributed by atoms with van der Waals surface area (Å²) >= 11 is 0. The highest BCUT2D eigenvalue weighted by atomic mass is 16.4. The first kappa shape index (κ1) is 29.3. The molecule has 0 amide bonds. The first-order valence-corrected chi connectivity index (χ1v) is 10.9. The molecule has 0 aliphatic carbocycles. The van der Waals surface area contributed by atoms with E-state index in [2.05, 4.69) is 44.1 Å². The quantitative estimate of drug-likeness (QED) is 0.334. The number of nitrogens with one attached hydrogen (secondary N) is 1. The maximum Gasteiger partial charge on any atom is 0.335 e. The number of hydrogen-bond acceptors (Lipinski definition) is 3. The van der Waals surface area contributed by atoms with Gasteiger partial charge in [0.05, 0.1) is 11.3 Å². The van der Waals surface area contributed by atoms with Crippen LogP contribution in [0.5, 0.6) is 0 Å². The summed E-state index contributed by atoms with van der Waals surface area (Å²) in [5, 5.41) is 11.6. The maximum atomic E-state index is 10.8. The highest BCUT2D eigenvalue weighted by molar-refractivity contribution is 5.90. The van der Waals surface area contributed by atoms with E-state index in [9.17, 15) is 4.79 Å². The Morgan fingerprint density at radius 1 is 1.03 bits per heavy atom. The van der Waals surface area contributed by atoms with Crippen molar-refractivity contribution in [3.63, 3.8) is 0 Å². The predicted octanol–water partition coefficient (Wildman–Crippen LogP) is 7.34. The van der Waals surface area contributed by atoms with Crippen LogP contribution in [-0.4, -0.2) is 30.9 Å². The van der Waals surface area contributed by atoms with Crippen molar-refractivity contribution in [3.05, 3.63) is 41.0 Å². The molecule has 0 spiro atoms. The van der Waals surface area contributed by atoms with E-state index in [1.54, 1.807) is 23.8 Å². The minimum Gasteiger partial charge on any atom is -0.478 e. The summed E-state index contributed by atoms with van der Waals surface area (Å²) in [4.78, 5) is 15.3. The second-order valence-corrected chi connectivity index (χ2v) is 7.17. The molecule has 0 heterocycles. The molecule has 2 N–H and O–H groups in total. The summed E-state index contributed by atoms with van der Waals surface area (Å²) in [6.45, 7) is 12.7. The number of aryl methyl sites for hydroxylation is 1. The molecule has 4 heteroatoms. The second-order valence-electron chi connectivity index (χ2n) is 7.17. The van der Waals surface area contributed by atoms with Crippen LogP contribution in [0.15, 0.2) is 34.8 Å². The first-order chi connectivity index (χ1) is 13.8. The Morgan fingerprint density at radius 2 is 1.55 bits per heavy atom. The number of aromatic carboxylic acids is 1. The Bertz CT molecular complexity index is 611. The normalized spacial score (nSPS) is 10.3. The number of rotatable bonds is 9. The fourth-order valence-electron chi connectivity index (χ4n) is 2.75. The molecule has 0 atom stereocenters. The van der Waals surface area contributed by atoms with Crippen molar-refractivity contribution in [1.82, 2.24) is 5.32 Å². The molecule has 0 radical (unpaired) electrons. The van der Waals surface area contributed by atoms with Gasteiger partial charge in [0.2, 0.25) is 0 Å². The first-order valence-electron chi connectivity index (χ1n) is 10.9. The number of aliphatic imine (C=N–C) groups is 1.